The van der Waals surface area contributed by atoms with Crippen LogP contribution in [-0.4, -0.2) is 33.3 Å². The van der Waals surface area contributed by atoms with Gasteiger partial charge in [-0.15, -0.1) is 0 Å². The molecule has 0 fully saturated rings. The Balaban J connectivity index is 1.57. The molecule has 7 nitrogen and oxygen atoms in total. The van der Waals surface area contributed by atoms with Gasteiger partial charge in [0.2, 0.25) is 10.0 Å². The third-order valence-electron chi connectivity index (χ3n) is 4.86. The summed E-state index contributed by atoms with van der Waals surface area (Å²) in [6.07, 6.45) is 3.22. The summed E-state index contributed by atoms with van der Waals surface area (Å²) in [6, 6.07) is 24.3. The van der Waals surface area contributed by atoms with Gasteiger partial charge in [-0.1, -0.05) is 55.5 Å². The molecule has 0 unspecified atom stereocenters. The fraction of sp³-hybridized carbons (Fsp3) is 0.200. The Bertz CT molecular complexity index is 1190. The highest BCUT2D eigenvalue weighted by molar-refractivity contribution is 7.92. The summed E-state index contributed by atoms with van der Waals surface area (Å²) in [7, 11) is -3.65. The van der Waals surface area contributed by atoms with Crippen LogP contribution >= 0.6 is 0 Å². The first-order valence-corrected chi connectivity index (χ1v) is 12.4. The zero-order valence-corrected chi connectivity index (χ0v) is 19.5. The second kappa shape index (κ2) is 11.3. The molecule has 0 heterocycles. The van der Waals surface area contributed by atoms with Crippen LogP contribution in [0.25, 0.3) is 0 Å². The number of para-hydroxylation sites is 1. The maximum atomic E-state index is 12.4. The van der Waals surface area contributed by atoms with E-state index in [1.54, 1.807) is 12.1 Å². The molecule has 172 valence electrons. The Hall–Kier alpha value is -3.65. The summed E-state index contributed by atoms with van der Waals surface area (Å²) in [4.78, 5) is 12.4. The minimum Gasteiger partial charge on any atom is -0.489 e. The van der Waals surface area contributed by atoms with Crippen LogP contribution in [0.15, 0.2) is 84.0 Å². The highest BCUT2D eigenvalue weighted by atomic mass is 32.2. The fourth-order valence-electron chi connectivity index (χ4n) is 3.17. The molecule has 8 heteroatoms. The smallest absolute Gasteiger partial charge is 0.260 e. The maximum Gasteiger partial charge on any atom is 0.260 e. The molecule has 0 saturated carbocycles. The number of anilines is 1. The van der Waals surface area contributed by atoms with Gasteiger partial charge in [-0.25, -0.2) is 13.8 Å². The number of nitrogens with one attached hydrogen (secondary N) is 1. The minimum atomic E-state index is -3.65. The van der Waals surface area contributed by atoms with E-state index in [2.05, 4.69) is 10.5 Å². The van der Waals surface area contributed by atoms with Crippen LogP contribution < -0.4 is 14.5 Å². The molecule has 0 bridgehead atoms. The molecule has 1 amide bonds. The van der Waals surface area contributed by atoms with Crippen molar-refractivity contribution in [2.45, 2.75) is 20.0 Å². The van der Waals surface area contributed by atoms with Gasteiger partial charge in [0, 0.05) is 0 Å². The number of hydrogen-bond donors (Lipinski definition) is 1. The number of hydrogen-bond acceptors (Lipinski definition) is 5. The van der Waals surface area contributed by atoms with E-state index in [-0.39, 0.29) is 6.54 Å². The van der Waals surface area contributed by atoms with E-state index in [1.165, 1.54) is 6.21 Å². The first-order chi connectivity index (χ1) is 15.9. The molecule has 0 aliphatic heterocycles. The third-order valence-corrected chi connectivity index (χ3v) is 5.99. The number of benzene rings is 3. The number of ether oxygens (including phenoxy) is 1. The average Bonchev–Trinajstić information content (AvgIpc) is 2.82. The molecule has 0 atom stereocenters. The van der Waals surface area contributed by atoms with Gasteiger partial charge in [0.25, 0.3) is 5.91 Å². The van der Waals surface area contributed by atoms with Gasteiger partial charge >= 0.3 is 0 Å². The third kappa shape index (κ3) is 7.18. The summed E-state index contributed by atoms with van der Waals surface area (Å²) in [5.74, 6) is 0.184. The molecule has 1 N–H and O–H groups in total. The first kappa shape index (κ1) is 24.0. The summed E-state index contributed by atoms with van der Waals surface area (Å²) in [6.45, 7) is 2.05. The lowest BCUT2D eigenvalue weighted by molar-refractivity contribution is -0.119. The van der Waals surface area contributed by atoms with Gasteiger partial charge in [-0.3, -0.25) is 9.10 Å². The summed E-state index contributed by atoms with van der Waals surface area (Å²) >= 11 is 0. The molecule has 0 aliphatic rings. The number of carbonyl (C=O) groups is 1. The van der Waals surface area contributed by atoms with Crippen LogP contribution in [0.4, 0.5) is 5.69 Å². The lowest BCUT2D eigenvalue weighted by Gasteiger charge is -2.23. The quantitative estimate of drug-likeness (QED) is 0.365. The van der Waals surface area contributed by atoms with Gasteiger partial charge in [-0.2, -0.15) is 5.10 Å². The molecule has 3 aromatic carbocycles. The number of amides is 1. The molecule has 33 heavy (non-hydrogen) atoms. The van der Waals surface area contributed by atoms with Crippen LogP contribution in [0.1, 0.15) is 23.6 Å². The number of rotatable bonds is 10. The fourth-order valence-corrected chi connectivity index (χ4v) is 4.06. The van der Waals surface area contributed by atoms with Gasteiger partial charge in [0.1, 0.15) is 18.9 Å². The topological polar surface area (TPSA) is 88.1 Å². The van der Waals surface area contributed by atoms with Gasteiger partial charge in [0.05, 0.1) is 18.2 Å². The summed E-state index contributed by atoms with van der Waals surface area (Å²) < 4.78 is 31.4. The van der Waals surface area contributed by atoms with Crippen LogP contribution in [0.2, 0.25) is 0 Å². The van der Waals surface area contributed by atoms with Crippen molar-refractivity contribution in [1.29, 1.82) is 0 Å². The van der Waals surface area contributed by atoms with Gasteiger partial charge in [0.15, 0.2) is 0 Å². The minimum absolute atomic E-state index is 0.362. The second-order valence-electron chi connectivity index (χ2n) is 7.39. The standard InChI is InChI=1S/C25H27N3O4S/c1-3-22-11-7-8-12-24(22)28(33(2,30)31)18-25(29)27-26-17-20-13-15-23(16-14-20)32-19-21-9-5-4-6-10-21/h4-17H,3,18-19H2,1-2H3,(H,27,29)/b26-17-. The van der Waals surface area contributed by atoms with Crippen LogP contribution in [0, 0.1) is 0 Å². The maximum absolute atomic E-state index is 12.4. The molecule has 0 aliphatic carbocycles. The molecule has 0 spiro atoms. The lowest BCUT2D eigenvalue weighted by Crippen LogP contribution is -2.39. The predicted molar refractivity (Wildman–Crippen MR) is 131 cm³/mol. The summed E-state index contributed by atoms with van der Waals surface area (Å²) in [5.41, 5.74) is 5.57. The van der Waals surface area contributed by atoms with E-state index in [0.717, 1.165) is 33.0 Å². The molecule has 0 aromatic heterocycles. The number of hydrazone groups is 1. The Morgan fingerprint density at radius 3 is 2.33 bits per heavy atom. The van der Waals surface area contributed by atoms with E-state index in [4.69, 9.17) is 4.74 Å². The predicted octanol–water partition coefficient (Wildman–Crippen LogP) is 3.74. The molecular formula is C25H27N3O4S. The molecule has 3 rings (SSSR count). The zero-order chi connectivity index (χ0) is 23.7. The number of aryl methyl sites for hydroxylation is 1. The molecular weight excluding hydrogens is 438 g/mol. The van der Waals surface area contributed by atoms with Crippen LogP contribution in [0.3, 0.4) is 0 Å². The number of nitrogens with zero attached hydrogens (tertiary/aromatic N) is 2. The highest BCUT2D eigenvalue weighted by Crippen LogP contribution is 2.23. The molecule has 3 aromatic rings. The highest BCUT2D eigenvalue weighted by Gasteiger charge is 2.22. The largest absolute Gasteiger partial charge is 0.489 e. The van der Waals surface area contributed by atoms with Crippen molar-refractivity contribution in [3.63, 3.8) is 0 Å². The van der Waals surface area contributed by atoms with Crippen LogP contribution in [0.5, 0.6) is 5.75 Å². The van der Waals surface area contributed by atoms with E-state index in [1.807, 2.05) is 73.7 Å². The Morgan fingerprint density at radius 1 is 1.00 bits per heavy atom. The summed E-state index contributed by atoms with van der Waals surface area (Å²) in [5, 5.41) is 3.95. The first-order valence-electron chi connectivity index (χ1n) is 10.5. The Labute approximate surface area is 194 Å². The molecule has 0 radical (unpaired) electrons. The zero-order valence-electron chi connectivity index (χ0n) is 18.6. The normalized spacial score (nSPS) is 11.3. The van der Waals surface area contributed by atoms with E-state index >= 15 is 0 Å². The lowest BCUT2D eigenvalue weighted by atomic mass is 10.1. The Kier molecular flexibility index (Phi) is 8.21. The number of sulfonamides is 1. The van der Waals surface area contributed by atoms with Gasteiger partial charge < -0.3 is 4.74 Å². The van der Waals surface area contributed by atoms with Crippen molar-refractivity contribution in [2.75, 3.05) is 17.1 Å². The average molecular weight is 466 g/mol. The SMILES string of the molecule is CCc1ccccc1N(CC(=O)N/N=C\c1ccc(OCc2ccccc2)cc1)S(C)(=O)=O. The van der Waals surface area contributed by atoms with E-state index in [0.29, 0.717) is 18.7 Å². The van der Waals surface area contributed by atoms with Crippen molar-refractivity contribution in [3.05, 3.63) is 95.6 Å². The van der Waals surface area contributed by atoms with Gasteiger partial charge in [-0.05, 0) is 53.4 Å². The Morgan fingerprint density at radius 2 is 1.67 bits per heavy atom. The molecule has 0 saturated heterocycles. The monoisotopic (exact) mass is 465 g/mol. The van der Waals surface area contributed by atoms with E-state index in [9.17, 15) is 13.2 Å². The van der Waals surface area contributed by atoms with Crippen molar-refractivity contribution < 1.29 is 17.9 Å². The van der Waals surface area contributed by atoms with Crippen molar-refractivity contribution in [2.24, 2.45) is 5.10 Å². The van der Waals surface area contributed by atoms with E-state index < -0.39 is 15.9 Å². The van der Waals surface area contributed by atoms with Crippen LogP contribution in [-0.2, 0) is 27.8 Å². The number of carbonyl (C=O) groups excluding carboxylic acids is 1. The van der Waals surface area contributed by atoms with Crippen molar-refractivity contribution >= 4 is 27.8 Å². The van der Waals surface area contributed by atoms with Crippen molar-refractivity contribution in [1.82, 2.24) is 5.43 Å². The second-order valence-corrected chi connectivity index (χ2v) is 9.30. The van der Waals surface area contributed by atoms with Crippen molar-refractivity contribution in [3.8, 4) is 5.75 Å².